The fraction of sp³-hybridized carbons (Fsp3) is 0.176. The average molecular weight is 358 g/mol. The van der Waals surface area contributed by atoms with E-state index in [9.17, 15) is 10.1 Å². The predicted octanol–water partition coefficient (Wildman–Crippen LogP) is 2.99. The zero-order valence-electron chi connectivity index (χ0n) is 13.6. The normalized spacial score (nSPS) is 10.4. The van der Waals surface area contributed by atoms with E-state index in [0.29, 0.717) is 23.8 Å². The largest absolute Gasteiger partial charge is 0.494 e. The van der Waals surface area contributed by atoms with Crippen LogP contribution in [0.5, 0.6) is 5.75 Å². The van der Waals surface area contributed by atoms with Crippen LogP contribution >= 0.6 is 12.2 Å². The Balaban J connectivity index is 1.80. The van der Waals surface area contributed by atoms with Crippen LogP contribution < -0.4 is 15.5 Å². The Morgan fingerprint density at radius 3 is 2.76 bits per heavy atom. The van der Waals surface area contributed by atoms with E-state index in [0.717, 1.165) is 11.3 Å². The number of hydrogen-bond acceptors (Lipinski definition) is 5. The second-order valence-electron chi connectivity index (χ2n) is 4.98. The van der Waals surface area contributed by atoms with Crippen LogP contribution in [0, 0.1) is 10.1 Å². The van der Waals surface area contributed by atoms with Crippen LogP contribution in [0.25, 0.3) is 0 Å². The monoisotopic (exact) mass is 358 g/mol. The summed E-state index contributed by atoms with van der Waals surface area (Å²) in [4.78, 5) is 10.3. The maximum Gasteiger partial charge on any atom is 0.270 e. The van der Waals surface area contributed by atoms with Gasteiger partial charge in [0.1, 0.15) is 5.75 Å². The van der Waals surface area contributed by atoms with E-state index in [1.165, 1.54) is 18.3 Å². The van der Waals surface area contributed by atoms with Gasteiger partial charge in [0.05, 0.1) is 17.7 Å². The van der Waals surface area contributed by atoms with E-state index < -0.39 is 4.92 Å². The Morgan fingerprint density at radius 1 is 1.32 bits per heavy atom. The third kappa shape index (κ3) is 6.19. The second kappa shape index (κ2) is 9.33. The highest BCUT2D eigenvalue weighted by Crippen LogP contribution is 2.12. The fourth-order valence-corrected chi connectivity index (χ4v) is 2.10. The highest BCUT2D eigenvalue weighted by Gasteiger charge is 2.04. The number of nitro benzene ring substituents is 1. The zero-order chi connectivity index (χ0) is 18.1. The molecule has 0 aliphatic carbocycles. The highest BCUT2D eigenvalue weighted by atomic mass is 32.1. The van der Waals surface area contributed by atoms with E-state index in [1.54, 1.807) is 12.1 Å². The van der Waals surface area contributed by atoms with Crippen LogP contribution in [0.1, 0.15) is 18.1 Å². The number of thiocarbonyl (C=S) groups is 1. The summed E-state index contributed by atoms with van der Waals surface area (Å²) in [7, 11) is 0. The van der Waals surface area contributed by atoms with Crippen molar-refractivity contribution in [2.75, 3.05) is 6.61 Å². The number of non-ortho nitro benzene ring substituents is 1. The molecule has 0 saturated heterocycles. The smallest absolute Gasteiger partial charge is 0.270 e. The summed E-state index contributed by atoms with van der Waals surface area (Å²) >= 11 is 5.13. The number of nitro groups is 1. The predicted molar refractivity (Wildman–Crippen MR) is 101 cm³/mol. The number of rotatable bonds is 7. The van der Waals surface area contributed by atoms with Gasteiger partial charge in [-0.15, -0.1) is 0 Å². The van der Waals surface area contributed by atoms with E-state index in [2.05, 4.69) is 15.8 Å². The molecule has 0 aromatic heterocycles. The molecule has 2 aromatic rings. The first-order valence-electron chi connectivity index (χ1n) is 7.61. The lowest BCUT2D eigenvalue weighted by Gasteiger charge is -2.08. The quantitative estimate of drug-likeness (QED) is 0.342. The lowest BCUT2D eigenvalue weighted by molar-refractivity contribution is -0.384. The summed E-state index contributed by atoms with van der Waals surface area (Å²) in [6.45, 7) is 3.12. The van der Waals surface area contributed by atoms with Crippen molar-refractivity contribution in [3.63, 3.8) is 0 Å². The van der Waals surface area contributed by atoms with Crippen molar-refractivity contribution in [3.8, 4) is 5.75 Å². The van der Waals surface area contributed by atoms with Crippen molar-refractivity contribution in [2.45, 2.75) is 13.5 Å². The number of benzene rings is 2. The molecule has 2 N–H and O–H groups in total. The first kappa shape index (κ1) is 18.3. The van der Waals surface area contributed by atoms with Crippen molar-refractivity contribution in [1.29, 1.82) is 0 Å². The van der Waals surface area contributed by atoms with Gasteiger partial charge in [-0.1, -0.05) is 24.3 Å². The molecule has 0 fully saturated rings. The summed E-state index contributed by atoms with van der Waals surface area (Å²) in [5, 5.41) is 18.1. The summed E-state index contributed by atoms with van der Waals surface area (Å²) in [6.07, 6.45) is 1.47. The number of nitrogens with zero attached hydrogens (tertiary/aromatic N) is 2. The van der Waals surface area contributed by atoms with E-state index in [4.69, 9.17) is 17.0 Å². The number of hydrazone groups is 1. The maximum absolute atomic E-state index is 10.7. The molecule has 2 rings (SSSR count). The van der Waals surface area contributed by atoms with Gasteiger partial charge in [0.2, 0.25) is 0 Å². The number of ether oxygens (including phenoxy) is 1. The molecule has 25 heavy (non-hydrogen) atoms. The van der Waals surface area contributed by atoms with Crippen LogP contribution in [-0.2, 0) is 6.54 Å². The molecular weight excluding hydrogens is 340 g/mol. The van der Waals surface area contributed by atoms with Gasteiger partial charge in [-0.25, -0.2) is 0 Å². The summed E-state index contributed by atoms with van der Waals surface area (Å²) in [6, 6.07) is 13.9. The average Bonchev–Trinajstić information content (AvgIpc) is 2.61. The van der Waals surface area contributed by atoms with Crippen molar-refractivity contribution in [3.05, 3.63) is 69.8 Å². The van der Waals surface area contributed by atoms with Crippen LogP contribution in [0.3, 0.4) is 0 Å². The van der Waals surface area contributed by atoms with Crippen LogP contribution in [0.2, 0.25) is 0 Å². The molecule has 0 heterocycles. The Kier molecular flexibility index (Phi) is 6.85. The molecular formula is C17H18N4O3S. The lowest BCUT2D eigenvalue weighted by atomic mass is 10.2. The topological polar surface area (TPSA) is 88.8 Å². The summed E-state index contributed by atoms with van der Waals surface area (Å²) in [5.74, 6) is 0.827. The van der Waals surface area contributed by atoms with Crippen LogP contribution in [0.4, 0.5) is 5.69 Å². The molecule has 7 nitrogen and oxygen atoms in total. The number of hydrogen-bond donors (Lipinski definition) is 2. The van der Waals surface area contributed by atoms with E-state index in [-0.39, 0.29) is 5.69 Å². The van der Waals surface area contributed by atoms with Gasteiger partial charge in [0, 0.05) is 24.2 Å². The summed E-state index contributed by atoms with van der Waals surface area (Å²) < 4.78 is 5.38. The SMILES string of the molecule is CCOc1ccc(CNC(=S)N/N=C\c2cccc([N+](=O)[O-])c2)cc1. The standard InChI is InChI=1S/C17H18N4O3S/c1-2-24-16-8-6-13(7-9-16)11-18-17(25)20-19-12-14-4-3-5-15(10-14)21(22)23/h3-10,12H,2,11H2,1H3,(H2,18,20,25)/b19-12-. The molecule has 2 aromatic carbocycles. The highest BCUT2D eigenvalue weighted by molar-refractivity contribution is 7.80. The molecule has 0 saturated carbocycles. The molecule has 0 atom stereocenters. The molecule has 0 bridgehead atoms. The van der Waals surface area contributed by atoms with Gasteiger partial charge in [0.25, 0.3) is 5.69 Å². The van der Waals surface area contributed by atoms with Crippen LogP contribution in [0.15, 0.2) is 53.6 Å². The third-order valence-corrected chi connectivity index (χ3v) is 3.38. The van der Waals surface area contributed by atoms with E-state index in [1.807, 2.05) is 31.2 Å². The van der Waals surface area contributed by atoms with Crippen LogP contribution in [-0.4, -0.2) is 22.9 Å². The Bertz CT molecular complexity index is 763. The van der Waals surface area contributed by atoms with Gasteiger partial charge in [-0.2, -0.15) is 5.10 Å². The van der Waals surface area contributed by atoms with E-state index >= 15 is 0 Å². The molecule has 0 radical (unpaired) electrons. The molecule has 0 unspecified atom stereocenters. The Morgan fingerprint density at radius 2 is 2.08 bits per heavy atom. The molecule has 8 heteroatoms. The third-order valence-electron chi connectivity index (χ3n) is 3.15. The summed E-state index contributed by atoms with van der Waals surface area (Å²) in [5.41, 5.74) is 4.35. The molecule has 0 amide bonds. The number of nitrogens with one attached hydrogen (secondary N) is 2. The minimum atomic E-state index is -0.451. The van der Waals surface area contributed by atoms with Gasteiger partial charge >= 0.3 is 0 Å². The lowest BCUT2D eigenvalue weighted by Crippen LogP contribution is -2.31. The Labute approximate surface area is 150 Å². The first-order valence-corrected chi connectivity index (χ1v) is 8.02. The van der Waals surface area contributed by atoms with Crippen molar-refractivity contribution < 1.29 is 9.66 Å². The molecule has 0 aliphatic rings. The van der Waals surface area contributed by atoms with Crippen molar-refractivity contribution in [2.24, 2.45) is 5.10 Å². The van der Waals surface area contributed by atoms with Crippen molar-refractivity contribution >= 4 is 29.2 Å². The van der Waals surface area contributed by atoms with Gasteiger partial charge in [-0.05, 0) is 36.8 Å². The minimum Gasteiger partial charge on any atom is -0.494 e. The van der Waals surface area contributed by atoms with Gasteiger partial charge in [0.15, 0.2) is 5.11 Å². The molecule has 130 valence electrons. The van der Waals surface area contributed by atoms with Gasteiger partial charge in [-0.3, -0.25) is 15.5 Å². The molecule has 0 aliphatic heterocycles. The molecule has 0 spiro atoms. The van der Waals surface area contributed by atoms with Gasteiger partial charge < -0.3 is 10.1 Å². The van der Waals surface area contributed by atoms with Crippen molar-refractivity contribution in [1.82, 2.24) is 10.7 Å². The fourth-order valence-electron chi connectivity index (χ4n) is 1.98. The second-order valence-corrected chi connectivity index (χ2v) is 5.39. The Hall–Kier alpha value is -3.00. The first-order chi connectivity index (χ1) is 12.1. The minimum absolute atomic E-state index is 0.0140. The maximum atomic E-state index is 10.7. The zero-order valence-corrected chi connectivity index (χ0v) is 14.5.